The molecule has 1 aromatic carbocycles. The zero-order chi connectivity index (χ0) is 12.8. The summed E-state index contributed by atoms with van der Waals surface area (Å²) in [5, 5.41) is 0. The summed E-state index contributed by atoms with van der Waals surface area (Å²) in [6.45, 7) is 2.85. The third-order valence-electron chi connectivity index (χ3n) is 3.43. The third kappa shape index (κ3) is 4.41. The fourth-order valence-electron chi connectivity index (χ4n) is 2.59. The van der Waals surface area contributed by atoms with Crippen molar-refractivity contribution in [2.24, 2.45) is 5.73 Å². The van der Waals surface area contributed by atoms with Crippen molar-refractivity contribution < 1.29 is 4.74 Å². The highest BCUT2D eigenvalue weighted by Crippen LogP contribution is 2.13. The zero-order valence-corrected chi connectivity index (χ0v) is 11.2. The number of rotatable bonds is 6. The maximum Gasteiger partial charge on any atom is 0.0702 e. The van der Waals surface area contributed by atoms with Gasteiger partial charge in [0.2, 0.25) is 0 Å². The highest BCUT2D eigenvalue weighted by molar-refractivity contribution is 5.15. The molecule has 2 N–H and O–H groups in total. The topological polar surface area (TPSA) is 38.5 Å². The molecule has 3 nitrogen and oxygen atoms in total. The lowest BCUT2D eigenvalue weighted by Gasteiger charge is -2.23. The van der Waals surface area contributed by atoms with Crippen LogP contribution in [0.2, 0.25) is 0 Å². The van der Waals surface area contributed by atoms with Gasteiger partial charge in [0.25, 0.3) is 0 Å². The van der Waals surface area contributed by atoms with Crippen molar-refractivity contribution in [3.05, 3.63) is 35.9 Å². The van der Waals surface area contributed by atoms with Crippen LogP contribution >= 0.6 is 0 Å². The summed E-state index contributed by atoms with van der Waals surface area (Å²) in [7, 11) is 2.13. The third-order valence-corrected chi connectivity index (χ3v) is 3.43. The van der Waals surface area contributed by atoms with Crippen LogP contribution in [0.3, 0.4) is 0 Å². The van der Waals surface area contributed by atoms with E-state index in [1.165, 1.54) is 18.4 Å². The fourth-order valence-corrected chi connectivity index (χ4v) is 2.59. The summed E-state index contributed by atoms with van der Waals surface area (Å²) >= 11 is 0. The number of hydrogen-bond acceptors (Lipinski definition) is 3. The molecule has 0 bridgehead atoms. The predicted molar refractivity (Wildman–Crippen MR) is 74.6 cm³/mol. The van der Waals surface area contributed by atoms with Crippen LogP contribution in [-0.2, 0) is 11.2 Å². The van der Waals surface area contributed by atoms with Crippen molar-refractivity contribution in [3.63, 3.8) is 0 Å². The number of benzene rings is 1. The molecule has 0 amide bonds. The second-order valence-corrected chi connectivity index (χ2v) is 5.31. The van der Waals surface area contributed by atoms with Gasteiger partial charge in [-0.25, -0.2) is 0 Å². The maximum absolute atomic E-state index is 6.20. The molecular weight excluding hydrogens is 224 g/mol. The van der Waals surface area contributed by atoms with Gasteiger partial charge in [0.1, 0.15) is 0 Å². The van der Waals surface area contributed by atoms with Crippen LogP contribution in [0, 0.1) is 0 Å². The quantitative estimate of drug-likeness (QED) is 0.832. The Hall–Kier alpha value is -0.900. The molecule has 3 heteroatoms. The first kappa shape index (κ1) is 13.5. The summed E-state index contributed by atoms with van der Waals surface area (Å²) in [6, 6.07) is 10.6. The Morgan fingerprint density at radius 3 is 2.83 bits per heavy atom. The van der Waals surface area contributed by atoms with Gasteiger partial charge in [-0.3, -0.25) is 0 Å². The Labute approximate surface area is 110 Å². The Morgan fingerprint density at radius 1 is 1.39 bits per heavy atom. The van der Waals surface area contributed by atoms with E-state index in [1.807, 2.05) is 6.07 Å². The Bertz CT molecular complexity index is 336. The van der Waals surface area contributed by atoms with E-state index < -0.39 is 0 Å². The summed E-state index contributed by atoms with van der Waals surface area (Å²) in [5.74, 6) is 0. The SMILES string of the molecule is CN(CC(N)Cc1ccccc1)CC1CCCO1. The fraction of sp³-hybridized carbons (Fsp3) is 0.600. The van der Waals surface area contributed by atoms with E-state index in [0.29, 0.717) is 6.10 Å². The molecule has 100 valence electrons. The normalized spacial score (nSPS) is 21.4. The van der Waals surface area contributed by atoms with Gasteiger partial charge < -0.3 is 15.4 Å². The lowest BCUT2D eigenvalue weighted by Crippen LogP contribution is -2.40. The molecule has 0 spiro atoms. The lowest BCUT2D eigenvalue weighted by molar-refractivity contribution is 0.0796. The van der Waals surface area contributed by atoms with E-state index in [0.717, 1.165) is 26.1 Å². The molecule has 1 aliphatic heterocycles. The van der Waals surface area contributed by atoms with Crippen LogP contribution in [-0.4, -0.2) is 43.8 Å². The summed E-state index contributed by atoms with van der Waals surface area (Å²) in [6.07, 6.45) is 3.75. The molecule has 0 saturated carbocycles. The van der Waals surface area contributed by atoms with Crippen molar-refractivity contribution in [1.82, 2.24) is 4.90 Å². The Balaban J connectivity index is 1.71. The highest BCUT2D eigenvalue weighted by Gasteiger charge is 2.18. The monoisotopic (exact) mass is 248 g/mol. The second-order valence-electron chi connectivity index (χ2n) is 5.31. The second kappa shape index (κ2) is 6.88. The first-order chi connectivity index (χ1) is 8.74. The molecule has 1 saturated heterocycles. The van der Waals surface area contributed by atoms with Crippen LogP contribution in [0.15, 0.2) is 30.3 Å². The van der Waals surface area contributed by atoms with Gasteiger partial charge >= 0.3 is 0 Å². The van der Waals surface area contributed by atoms with E-state index in [1.54, 1.807) is 0 Å². The lowest BCUT2D eigenvalue weighted by atomic mass is 10.1. The standard InChI is InChI=1S/C15H24N2O/c1-17(12-15-8-5-9-18-15)11-14(16)10-13-6-3-2-4-7-13/h2-4,6-7,14-15H,5,8-12,16H2,1H3. The van der Waals surface area contributed by atoms with E-state index in [9.17, 15) is 0 Å². The van der Waals surface area contributed by atoms with E-state index in [2.05, 4.69) is 36.2 Å². The molecule has 0 aliphatic carbocycles. The summed E-state index contributed by atoms with van der Waals surface area (Å²) in [4.78, 5) is 2.30. The van der Waals surface area contributed by atoms with Gasteiger partial charge in [0.05, 0.1) is 6.10 Å². The molecule has 2 atom stereocenters. The van der Waals surface area contributed by atoms with Gasteiger partial charge in [-0.05, 0) is 31.9 Å². The molecule has 1 heterocycles. The predicted octanol–water partition coefficient (Wildman–Crippen LogP) is 1.67. The Kier molecular flexibility index (Phi) is 5.17. The molecule has 2 unspecified atom stereocenters. The number of hydrogen-bond donors (Lipinski definition) is 1. The van der Waals surface area contributed by atoms with E-state index in [4.69, 9.17) is 10.5 Å². The highest BCUT2D eigenvalue weighted by atomic mass is 16.5. The van der Waals surface area contributed by atoms with Gasteiger partial charge in [-0.15, -0.1) is 0 Å². The molecule has 1 aromatic rings. The van der Waals surface area contributed by atoms with E-state index >= 15 is 0 Å². The largest absolute Gasteiger partial charge is 0.377 e. The molecule has 18 heavy (non-hydrogen) atoms. The van der Waals surface area contributed by atoms with Crippen molar-refractivity contribution in [1.29, 1.82) is 0 Å². The van der Waals surface area contributed by atoms with Gasteiger partial charge in [-0.2, -0.15) is 0 Å². The van der Waals surface area contributed by atoms with Crippen LogP contribution in [0.1, 0.15) is 18.4 Å². The summed E-state index contributed by atoms with van der Waals surface area (Å²) < 4.78 is 5.64. The van der Waals surface area contributed by atoms with Crippen LogP contribution < -0.4 is 5.73 Å². The van der Waals surface area contributed by atoms with Crippen molar-refractivity contribution in [3.8, 4) is 0 Å². The van der Waals surface area contributed by atoms with E-state index in [-0.39, 0.29) is 6.04 Å². The molecule has 2 rings (SSSR count). The number of nitrogens with two attached hydrogens (primary N) is 1. The maximum atomic E-state index is 6.20. The van der Waals surface area contributed by atoms with Crippen molar-refractivity contribution >= 4 is 0 Å². The molecule has 1 fully saturated rings. The average Bonchev–Trinajstić information content (AvgIpc) is 2.82. The van der Waals surface area contributed by atoms with Gasteiger partial charge in [-0.1, -0.05) is 30.3 Å². The number of nitrogens with zero attached hydrogens (tertiary/aromatic N) is 1. The minimum atomic E-state index is 0.193. The minimum absolute atomic E-state index is 0.193. The van der Waals surface area contributed by atoms with Crippen molar-refractivity contribution in [2.75, 3.05) is 26.7 Å². The minimum Gasteiger partial charge on any atom is -0.377 e. The molecule has 0 aromatic heterocycles. The smallest absolute Gasteiger partial charge is 0.0702 e. The zero-order valence-electron chi connectivity index (χ0n) is 11.2. The molecule has 1 aliphatic rings. The average molecular weight is 248 g/mol. The van der Waals surface area contributed by atoms with Crippen molar-refractivity contribution in [2.45, 2.75) is 31.4 Å². The first-order valence-electron chi connectivity index (χ1n) is 6.83. The molecular formula is C15H24N2O. The van der Waals surface area contributed by atoms with Crippen LogP contribution in [0.4, 0.5) is 0 Å². The van der Waals surface area contributed by atoms with Gasteiger partial charge in [0, 0.05) is 25.7 Å². The summed E-state index contributed by atoms with van der Waals surface area (Å²) in [5.41, 5.74) is 7.51. The molecule has 0 radical (unpaired) electrons. The number of likely N-dealkylation sites (N-methyl/N-ethyl adjacent to an activating group) is 1. The van der Waals surface area contributed by atoms with Crippen LogP contribution in [0.25, 0.3) is 0 Å². The number of ether oxygens (including phenoxy) is 1. The first-order valence-corrected chi connectivity index (χ1v) is 6.83. The van der Waals surface area contributed by atoms with Crippen LogP contribution in [0.5, 0.6) is 0 Å². The van der Waals surface area contributed by atoms with Gasteiger partial charge in [0.15, 0.2) is 0 Å². The Morgan fingerprint density at radius 2 is 2.17 bits per heavy atom.